The summed E-state index contributed by atoms with van der Waals surface area (Å²) in [6.07, 6.45) is 6.65. The van der Waals surface area contributed by atoms with Crippen molar-refractivity contribution >= 4 is 17.3 Å². The monoisotopic (exact) mass is 184 g/mol. The SMILES string of the molecule is COC1=CC=CC(NC(N)=S)C1. The first-order chi connectivity index (χ1) is 5.72. The third-order valence-electron chi connectivity index (χ3n) is 1.64. The number of methoxy groups -OCH3 is 1. The molecule has 1 atom stereocenters. The van der Waals surface area contributed by atoms with Gasteiger partial charge in [0.2, 0.25) is 0 Å². The van der Waals surface area contributed by atoms with Crippen molar-refractivity contribution in [3.05, 3.63) is 24.0 Å². The van der Waals surface area contributed by atoms with Gasteiger partial charge in [-0.3, -0.25) is 0 Å². The minimum absolute atomic E-state index is 0.169. The minimum atomic E-state index is 0.169. The number of hydrogen-bond donors (Lipinski definition) is 2. The van der Waals surface area contributed by atoms with Crippen molar-refractivity contribution in [2.45, 2.75) is 12.5 Å². The van der Waals surface area contributed by atoms with Crippen molar-refractivity contribution in [1.29, 1.82) is 0 Å². The fraction of sp³-hybridized carbons (Fsp3) is 0.375. The van der Waals surface area contributed by atoms with Crippen LogP contribution in [0.3, 0.4) is 0 Å². The molecule has 66 valence electrons. The Morgan fingerprint density at radius 1 is 1.83 bits per heavy atom. The molecule has 3 N–H and O–H groups in total. The van der Waals surface area contributed by atoms with Crippen LogP contribution >= 0.6 is 12.2 Å². The molecule has 0 saturated heterocycles. The Labute approximate surface area is 77.3 Å². The Balaban J connectivity index is 2.47. The van der Waals surface area contributed by atoms with Gasteiger partial charge in [0.1, 0.15) is 0 Å². The predicted molar refractivity (Wildman–Crippen MR) is 52.6 cm³/mol. The summed E-state index contributed by atoms with van der Waals surface area (Å²) in [5.41, 5.74) is 5.34. The number of ether oxygens (including phenoxy) is 1. The van der Waals surface area contributed by atoms with E-state index in [0.29, 0.717) is 5.11 Å². The average molecular weight is 184 g/mol. The second kappa shape index (κ2) is 4.11. The van der Waals surface area contributed by atoms with Gasteiger partial charge in [0, 0.05) is 6.42 Å². The van der Waals surface area contributed by atoms with Crippen molar-refractivity contribution in [3.63, 3.8) is 0 Å². The summed E-state index contributed by atoms with van der Waals surface area (Å²) in [7, 11) is 1.66. The van der Waals surface area contributed by atoms with E-state index in [1.165, 1.54) is 0 Å². The van der Waals surface area contributed by atoms with Crippen LogP contribution in [0.4, 0.5) is 0 Å². The maximum absolute atomic E-state index is 5.34. The van der Waals surface area contributed by atoms with E-state index in [1.54, 1.807) is 7.11 Å². The first kappa shape index (κ1) is 9.06. The molecule has 0 aromatic heterocycles. The maximum atomic E-state index is 5.34. The summed E-state index contributed by atoms with van der Waals surface area (Å²) in [5.74, 6) is 0.936. The van der Waals surface area contributed by atoms with Crippen LogP contribution in [0.15, 0.2) is 24.0 Å². The Morgan fingerprint density at radius 2 is 2.58 bits per heavy atom. The molecule has 0 aliphatic heterocycles. The highest BCUT2D eigenvalue weighted by atomic mass is 32.1. The molecule has 0 spiro atoms. The molecule has 0 fully saturated rings. The van der Waals surface area contributed by atoms with Crippen LogP contribution in [-0.4, -0.2) is 18.3 Å². The minimum Gasteiger partial charge on any atom is -0.501 e. The van der Waals surface area contributed by atoms with Crippen LogP contribution < -0.4 is 11.1 Å². The first-order valence-electron chi connectivity index (χ1n) is 3.69. The molecule has 1 rings (SSSR count). The molecule has 0 bridgehead atoms. The number of hydrogen-bond acceptors (Lipinski definition) is 2. The highest BCUT2D eigenvalue weighted by Crippen LogP contribution is 2.12. The Bertz CT molecular complexity index is 235. The fourth-order valence-corrected chi connectivity index (χ4v) is 1.23. The molecule has 4 heteroatoms. The second-order valence-corrected chi connectivity index (χ2v) is 2.98. The molecule has 12 heavy (non-hydrogen) atoms. The highest BCUT2D eigenvalue weighted by Gasteiger charge is 2.10. The van der Waals surface area contributed by atoms with Gasteiger partial charge < -0.3 is 15.8 Å². The number of nitrogens with one attached hydrogen (secondary N) is 1. The number of allylic oxidation sites excluding steroid dienone is 2. The molecule has 0 saturated carbocycles. The molecule has 0 radical (unpaired) electrons. The third kappa shape index (κ3) is 2.54. The van der Waals surface area contributed by atoms with E-state index in [2.05, 4.69) is 5.32 Å². The van der Waals surface area contributed by atoms with Gasteiger partial charge in [-0.15, -0.1) is 0 Å². The lowest BCUT2D eigenvalue weighted by atomic mass is 10.1. The van der Waals surface area contributed by atoms with Gasteiger partial charge in [0.05, 0.1) is 18.9 Å². The van der Waals surface area contributed by atoms with Gasteiger partial charge in [0.25, 0.3) is 0 Å². The summed E-state index contributed by atoms with van der Waals surface area (Å²) < 4.78 is 5.09. The lowest BCUT2D eigenvalue weighted by Crippen LogP contribution is -2.38. The topological polar surface area (TPSA) is 47.3 Å². The standard InChI is InChI=1S/C8H12N2OS/c1-11-7-4-2-3-6(5-7)10-8(9)12/h2-4,6H,5H2,1H3,(H3,9,10,12). The molecular weight excluding hydrogens is 172 g/mol. The number of nitrogens with two attached hydrogens (primary N) is 1. The Kier molecular flexibility index (Phi) is 3.10. The van der Waals surface area contributed by atoms with Crippen LogP contribution in [0.1, 0.15) is 6.42 Å². The smallest absolute Gasteiger partial charge is 0.164 e. The summed E-state index contributed by atoms with van der Waals surface area (Å²) >= 11 is 4.72. The van der Waals surface area contributed by atoms with Crippen LogP contribution in [0.5, 0.6) is 0 Å². The van der Waals surface area contributed by atoms with Crippen molar-refractivity contribution in [3.8, 4) is 0 Å². The van der Waals surface area contributed by atoms with Crippen molar-refractivity contribution in [1.82, 2.24) is 5.32 Å². The van der Waals surface area contributed by atoms with E-state index in [4.69, 9.17) is 22.7 Å². The summed E-state index contributed by atoms with van der Waals surface area (Å²) in [6.45, 7) is 0. The van der Waals surface area contributed by atoms with Gasteiger partial charge in [-0.05, 0) is 18.3 Å². The van der Waals surface area contributed by atoms with E-state index >= 15 is 0 Å². The van der Waals surface area contributed by atoms with Crippen molar-refractivity contribution < 1.29 is 4.74 Å². The van der Waals surface area contributed by atoms with Crippen LogP contribution in [0.2, 0.25) is 0 Å². The lowest BCUT2D eigenvalue weighted by Gasteiger charge is -2.18. The molecule has 1 unspecified atom stereocenters. The summed E-state index contributed by atoms with van der Waals surface area (Å²) in [6, 6.07) is 0.169. The third-order valence-corrected chi connectivity index (χ3v) is 1.75. The molecular formula is C8H12N2OS. The molecule has 0 amide bonds. The van der Waals surface area contributed by atoms with Crippen molar-refractivity contribution in [2.24, 2.45) is 5.73 Å². The van der Waals surface area contributed by atoms with Crippen LogP contribution in [0, 0.1) is 0 Å². The largest absolute Gasteiger partial charge is 0.501 e. The zero-order valence-corrected chi connectivity index (χ0v) is 7.73. The van der Waals surface area contributed by atoms with Gasteiger partial charge in [-0.1, -0.05) is 12.2 Å². The predicted octanol–water partition coefficient (Wildman–Crippen LogP) is 0.678. The number of rotatable bonds is 2. The zero-order valence-electron chi connectivity index (χ0n) is 6.91. The van der Waals surface area contributed by atoms with Gasteiger partial charge >= 0.3 is 0 Å². The Hall–Kier alpha value is -1.03. The van der Waals surface area contributed by atoms with E-state index < -0.39 is 0 Å². The van der Waals surface area contributed by atoms with E-state index in [0.717, 1.165) is 12.2 Å². The second-order valence-electron chi connectivity index (χ2n) is 2.54. The summed E-state index contributed by atoms with van der Waals surface area (Å²) in [5, 5.41) is 3.27. The fourth-order valence-electron chi connectivity index (χ4n) is 1.08. The maximum Gasteiger partial charge on any atom is 0.164 e. The van der Waals surface area contributed by atoms with Crippen molar-refractivity contribution in [2.75, 3.05) is 7.11 Å². The summed E-state index contributed by atoms with van der Waals surface area (Å²) in [4.78, 5) is 0. The molecule has 1 aliphatic rings. The molecule has 0 aromatic carbocycles. The molecule has 3 nitrogen and oxygen atoms in total. The average Bonchev–Trinajstić information content (AvgIpc) is 2.03. The van der Waals surface area contributed by atoms with E-state index in [-0.39, 0.29) is 6.04 Å². The van der Waals surface area contributed by atoms with Gasteiger partial charge in [-0.25, -0.2) is 0 Å². The normalized spacial score (nSPS) is 21.4. The van der Waals surface area contributed by atoms with Gasteiger partial charge in [0.15, 0.2) is 5.11 Å². The number of thiocarbonyl (C=S) groups is 1. The zero-order chi connectivity index (χ0) is 8.97. The lowest BCUT2D eigenvalue weighted by molar-refractivity contribution is 0.271. The Morgan fingerprint density at radius 3 is 3.17 bits per heavy atom. The molecule has 0 heterocycles. The quantitative estimate of drug-likeness (QED) is 0.619. The van der Waals surface area contributed by atoms with Crippen LogP contribution in [-0.2, 0) is 4.74 Å². The first-order valence-corrected chi connectivity index (χ1v) is 4.10. The molecule has 0 aromatic rings. The van der Waals surface area contributed by atoms with E-state index in [1.807, 2.05) is 18.2 Å². The van der Waals surface area contributed by atoms with Crippen LogP contribution in [0.25, 0.3) is 0 Å². The highest BCUT2D eigenvalue weighted by molar-refractivity contribution is 7.80. The molecule has 1 aliphatic carbocycles. The van der Waals surface area contributed by atoms with E-state index in [9.17, 15) is 0 Å². The van der Waals surface area contributed by atoms with Gasteiger partial charge in [-0.2, -0.15) is 0 Å².